The van der Waals surface area contributed by atoms with E-state index in [4.69, 9.17) is 16.4 Å². The van der Waals surface area contributed by atoms with Crippen molar-refractivity contribution in [3.05, 3.63) is 52.1 Å². The molecule has 9 heteroatoms. The lowest BCUT2D eigenvalue weighted by atomic mass is 10.0. The van der Waals surface area contributed by atoms with E-state index in [1.54, 1.807) is 13.0 Å². The highest BCUT2D eigenvalue weighted by Gasteiger charge is 2.48. The molecule has 0 radical (unpaired) electrons. The minimum absolute atomic E-state index is 0.102. The van der Waals surface area contributed by atoms with E-state index in [9.17, 15) is 18.0 Å². The number of carbonyl (C=O) groups is 1. The zero-order valence-corrected chi connectivity index (χ0v) is 15.8. The Morgan fingerprint density at radius 2 is 2.15 bits per heavy atom. The molecule has 1 aromatic heterocycles. The molecule has 1 saturated carbocycles. The average molecular weight is 402 g/mol. The van der Waals surface area contributed by atoms with Gasteiger partial charge in [0.2, 0.25) is 0 Å². The van der Waals surface area contributed by atoms with Crippen LogP contribution in [0, 0.1) is 11.7 Å². The summed E-state index contributed by atoms with van der Waals surface area (Å²) in [5.74, 6) is -1.37. The average Bonchev–Trinajstić information content (AvgIpc) is 3.28. The molecule has 0 N–H and O–H groups in total. The summed E-state index contributed by atoms with van der Waals surface area (Å²) < 4.78 is 41.6. The number of amides is 1. The first-order valence-corrected chi connectivity index (χ1v) is 8.77. The first-order chi connectivity index (χ1) is 12.8. The fourth-order valence-electron chi connectivity index (χ4n) is 3.50. The van der Waals surface area contributed by atoms with Gasteiger partial charge in [-0.2, -0.15) is 5.10 Å². The second-order valence-electron chi connectivity index (χ2n) is 6.60. The summed E-state index contributed by atoms with van der Waals surface area (Å²) in [4.78, 5) is 18.0. The van der Waals surface area contributed by atoms with Crippen LogP contribution in [0.15, 0.2) is 24.4 Å². The van der Waals surface area contributed by atoms with E-state index >= 15 is 0 Å². The van der Waals surface area contributed by atoms with Crippen molar-refractivity contribution in [2.45, 2.75) is 31.7 Å². The molecule has 3 unspecified atom stereocenters. The number of aryl methyl sites for hydroxylation is 1. The number of hydrogen-bond donors (Lipinski definition) is 0. The third-order valence-electron chi connectivity index (χ3n) is 4.89. The van der Waals surface area contributed by atoms with Crippen LogP contribution in [-0.4, -0.2) is 33.9 Å². The number of carbonyl (C=O) groups excluding carboxylic acids is 1. The van der Waals surface area contributed by atoms with Crippen LogP contribution in [0.3, 0.4) is 0 Å². The molecular formula is C18H19ClF3N3O2. The standard InChI is InChI=1S/C18H19ClF3N3O2/c1-9(10-7-11(10)15-13(19)5-4-6-14(15)20)25(27-3)18(26)12-8-24(2)23-16(12)17(21)22/h4-6,8-11,17H,7H2,1-3H3. The van der Waals surface area contributed by atoms with Gasteiger partial charge in [-0.3, -0.25) is 14.3 Å². The Bertz CT molecular complexity index is 838. The van der Waals surface area contributed by atoms with E-state index in [0.29, 0.717) is 17.0 Å². The smallest absolute Gasteiger partial charge is 0.275 e. The van der Waals surface area contributed by atoms with Crippen LogP contribution in [0.5, 0.6) is 0 Å². The molecule has 1 fully saturated rings. The van der Waals surface area contributed by atoms with E-state index in [0.717, 1.165) is 9.75 Å². The summed E-state index contributed by atoms with van der Waals surface area (Å²) in [5.41, 5.74) is -0.405. The van der Waals surface area contributed by atoms with E-state index in [1.807, 2.05) is 0 Å². The molecular weight excluding hydrogens is 383 g/mol. The quantitative estimate of drug-likeness (QED) is 0.676. The second-order valence-corrected chi connectivity index (χ2v) is 7.01. The molecule has 1 aliphatic carbocycles. The summed E-state index contributed by atoms with van der Waals surface area (Å²) in [7, 11) is 2.75. The van der Waals surface area contributed by atoms with Crippen molar-refractivity contribution in [2.75, 3.05) is 7.11 Å². The monoisotopic (exact) mass is 401 g/mol. The maximum absolute atomic E-state index is 14.1. The van der Waals surface area contributed by atoms with Gasteiger partial charge >= 0.3 is 0 Å². The molecule has 3 rings (SSSR count). The SMILES string of the molecule is CON(C(=O)c1cn(C)nc1C(F)F)C(C)C1CC1c1c(F)cccc1Cl. The molecule has 0 spiro atoms. The predicted molar refractivity (Wildman–Crippen MR) is 93.1 cm³/mol. The Kier molecular flexibility index (Phi) is 5.48. The lowest BCUT2D eigenvalue weighted by Crippen LogP contribution is -2.39. The van der Waals surface area contributed by atoms with Gasteiger partial charge in [0.1, 0.15) is 11.5 Å². The minimum Gasteiger partial charge on any atom is -0.275 e. The van der Waals surface area contributed by atoms with Crippen LogP contribution in [0.1, 0.15) is 47.3 Å². The number of halogens is 4. The Morgan fingerprint density at radius 3 is 2.74 bits per heavy atom. The normalized spacial score (nSPS) is 20.0. The van der Waals surface area contributed by atoms with Gasteiger partial charge in [0.15, 0.2) is 0 Å². The Morgan fingerprint density at radius 1 is 1.44 bits per heavy atom. The van der Waals surface area contributed by atoms with Crippen molar-refractivity contribution in [1.29, 1.82) is 0 Å². The largest absolute Gasteiger partial charge is 0.282 e. The lowest BCUT2D eigenvalue weighted by Gasteiger charge is -2.27. The zero-order chi connectivity index (χ0) is 19.9. The van der Waals surface area contributed by atoms with Crippen molar-refractivity contribution < 1.29 is 22.8 Å². The highest BCUT2D eigenvalue weighted by Crippen LogP contribution is 2.53. The number of benzene rings is 1. The fraction of sp³-hybridized carbons (Fsp3) is 0.444. The Hall–Kier alpha value is -2.06. The van der Waals surface area contributed by atoms with Gasteiger partial charge < -0.3 is 0 Å². The minimum atomic E-state index is -2.88. The fourth-order valence-corrected chi connectivity index (χ4v) is 3.81. The number of hydrogen-bond acceptors (Lipinski definition) is 3. The van der Waals surface area contributed by atoms with E-state index in [-0.39, 0.29) is 17.4 Å². The lowest BCUT2D eigenvalue weighted by molar-refractivity contribution is -0.124. The molecule has 0 saturated heterocycles. The highest BCUT2D eigenvalue weighted by molar-refractivity contribution is 6.31. The molecule has 0 aliphatic heterocycles. The number of aromatic nitrogens is 2. The molecule has 1 amide bonds. The second kappa shape index (κ2) is 7.52. The molecule has 0 bridgehead atoms. The molecule has 1 aliphatic rings. The molecule has 146 valence electrons. The van der Waals surface area contributed by atoms with Crippen LogP contribution in [0.2, 0.25) is 5.02 Å². The number of rotatable bonds is 6. The van der Waals surface area contributed by atoms with Crippen molar-refractivity contribution in [3.8, 4) is 0 Å². The van der Waals surface area contributed by atoms with E-state index in [2.05, 4.69) is 5.10 Å². The summed E-state index contributed by atoms with van der Waals surface area (Å²) in [6.45, 7) is 1.74. The van der Waals surface area contributed by atoms with Crippen LogP contribution in [0.25, 0.3) is 0 Å². The molecule has 3 atom stereocenters. The Labute approximate surface area is 159 Å². The first-order valence-electron chi connectivity index (χ1n) is 8.39. The van der Waals surface area contributed by atoms with E-state index in [1.165, 1.54) is 32.5 Å². The van der Waals surface area contributed by atoms with Crippen LogP contribution in [-0.2, 0) is 11.9 Å². The maximum Gasteiger partial charge on any atom is 0.282 e. The zero-order valence-electron chi connectivity index (χ0n) is 15.0. The summed E-state index contributed by atoms with van der Waals surface area (Å²) >= 11 is 6.12. The first kappa shape index (κ1) is 19.7. The van der Waals surface area contributed by atoms with Gasteiger partial charge in [0.25, 0.3) is 12.3 Å². The third-order valence-corrected chi connectivity index (χ3v) is 5.22. The highest BCUT2D eigenvalue weighted by atomic mass is 35.5. The summed E-state index contributed by atoms with van der Waals surface area (Å²) in [6, 6.07) is 4.02. The van der Waals surface area contributed by atoms with Gasteiger partial charge in [-0.05, 0) is 37.3 Å². The number of alkyl halides is 2. The van der Waals surface area contributed by atoms with Crippen molar-refractivity contribution in [3.63, 3.8) is 0 Å². The number of nitrogens with zero attached hydrogens (tertiary/aromatic N) is 3. The molecule has 1 heterocycles. The van der Waals surface area contributed by atoms with Gasteiger partial charge in [-0.25, -0.2) is 18.2 Å². The van der Waals surface area contributed by atoms with Crippen molar-refractivity contribution in [1.82, 2.24) is 14.8 Å². The topological polar surface area (TPSA) is 47.4 Å². The van der Waals surface area contributed by atoms with Crippen molar-refractivity contribution >= 4 is 17.5 Å². The maximum atomic E-state index is 14.1. The van der Waals surface area contributed by atoms with Crippen LogP contribution >= 0.6 is 11.6 Å². The molecule has 5 nitrogen and oxygen atoms in total. The van der Waals surface area contributed by atoms with Gasteiger partial charge in [0.05, 0.1) is 18.7 Å². The van der Waals surface area contributed by atoms with Gasteiger partial charge in [-0.15, -0.1) is 0 Å². The van der Waals surface area contributed by atoms with E-state index < -0.39 is 29.9 Å². The van der Waals surface area contributed by atoms with Crippen LogP contribution in [0.4, 0.5) is 13.2 Å². The predicted octanol–water partition coefficient (Wildman–Crippen LogP) is 4.35. The van der Waals surface area contributed by atoms with Crippen molar-refractivity contribution in [2.24, 2.45) is 13.0 Å². The number of hydroxylamine groups is 2. The molecule has 27 heavy (non-hydrogen) atoms. The van der Waals surface area contributed by atoms with Gasteiger partial charge in [0, 0.05) is 23.8 Å². The third kappa shape index (κ3) is 3.68. The van der Waals surface area contributed by atoms with Gasteiger partial charge in [-0.1, -0.05) is 17.7 Å². The van der Waals surface area contributed by atoms with Crippen LogP contribution < -0.4 is 0 Å². The summed E-state index contributed by atoms with van der Waals surface area (Å²) in [6.07, 6.45) is -1.03. The Balaban J connectivity index is 1.82. The molecule has 2 aromatic rings. The summed E-state index contributed by atoms with van der Waals surface area (Å²) in [5, 5.41) is 5.02. The molecule has 1 aromatic carbocycles.